The maximum atomic E-state index is 12.4. The first-order valence-corrected chi connectivity index (χ1v) is 21.0. The number of carbonyl (C=O) groups excluding carboxylic acids is 1. The van der Waals surface area contributed by atoms with Crippen LogP contribution in [0.2, 0.25) is 0 Å². The molecule has 6 rings (SSSR count). The molecule has 2 heterocycles. The van der Waals surface area contributed by atoms with Crippen LogP contribution in [0.25, 0.3) is 22.1 Å². The van der Waals surface area contributed by atoms with Gasteiger partial charge in [-0.1, -0.05) is 45.8 Å². The summed E-state index contributed by atoms with van der Waals surface area (Å²) in [6.07, 6.45) is 0. The monoisotopic (exact) mass is 882 g/mol. The second-order valence-corrected chi connectivity index (χ2v) is 16.6. The van der Waals surface area contributed by atoms with E-state index in [1.54, 1.807) is 42.5 Å². The number of anilines is 2. The predicted octanol–water partition coefficient (Wildman–Crippen LogP) is 11.2. The predicted molar refractivity (Wildman–Crippen MR) is 232 cm³/mol. The van der Waals surface area contributed by atoms with E-state index in [9.17, 15) is 22.9 Å². The Kier molecular flexibility index (Phi) is 15.5. The average Bonchev–Trinajstić information content (AvgIpc) is 3.76. The summed E-state index contributed by atoms with van der Waals surface area (Å²) in [5.41, 5.74) is 6.02. The third-order valence-electron chi connectivity index (χ3n) is 9.80. The number of phenolic OH excluding ortho intramolecular Hbond substituents is 1. The number of aryl methyl sites for hydroxylation is 1. The standard InChI is InChI=1S/C22H26N4O3.C21H27N5O3S.Co/c1-6-26(7-2)15-9-11-16(18(27)13-15)24-25-21-23-17-10-8-14(12-19(17)29-21)20(28)22(3,4)5;1-6-26(7-2)16-9-11-18(20(13-16)30(27,28)29)23-24-21-22-17-10-8-15(14(3)4)12-19(17)25(21)5;/h8-13,27H,6-7H2,1-5H3;8-14H,6-7H2,1-5H3,(H,27,28,29);. The number of fused-ring (bicyclic) bond motifs is 2. The van der Waals surface area contributed by atoms with Crippen LogP contribution in [0.4, 0.5) is 34.7 Å². The molecule has 60 heavy (non-hydrogen) atoms. The molecular formula is C43H53CoN9O6S. The number of ketones is 1. The fourth-order valence-corrected chi connectivity index (χ4v) is 6.97. The number of hydrogen-bond acceptors (Lipinski definition) is 13. The summed E-state index contributed by atoms with van der Waals surface area (Å²) < 4.78 is 41.0. The molecule has 6 aromatic rings. The summed E-state index contributed by atoms with van der Waals surface area (Å²) in [6, 6.07) is 21.2. The molecule has 2 aromatic heterocycles. The molecular weight excluding hydrogens is 830 g/mol. The molecule has 4 aromatic carbocycles. The zero-order valence-corrected chi connectivity index (χ0v) is 37.5. The van der Waals surface area contributed by atoms with Crippen LogP contribution in [0.1, 0.15) is 84.2 Å². The largest absolute Gasteiger partial charge is 0.506 e. The summed E-state index contributed by atoms with van der Waals surface area (Å²) in [4.78, 5) is 25.0. The average molecular weight is 883 g/mol. The minimum atomic E-state index is -4.47. The Bertz CT molecular complexity index is 2620. The van der Waals surface area contributed by atoms with Crippen LogP contribution in [0.3, 0.4) is 0 Å². The summed E-state index contributed by atoms with van der Waals surface area (Å²) in [5, 5.41) is 26.6. The van der Waals surface area contributed by atoms with E-state index >= 15 is 0 Å². The molecule has 1 radical (unpaired) electrons. The Balaban J connectivity index is 0.000000260. The van der Waals surface area contributed by atoms with Crippen molar-refractivity contribution in [2.45, 2.75) is 73.1 Å². The molecule has 0 aliphatic carbocycles. The maximum absolute atomic E-state index is 12.4. The molecule has 17 heteroatoms. The number of nitrogens with zero attached hydrogens (tertiary/aromatic N) is 9. The number of rotatable bonds is 13. The molecule has 0 amide bonds. The van der Waals surface area contributed by atoms with Crippen molar-refractivity contribution in [2.75, 3.05) is 36.0 Å². The molecule has 0 atom stereocenters. The van der Waals surface area contributed by atoms with Gasteiger partial charge < -0.3 is 23.9 Å². The summed E-state index contributed by atoms with van der Waals surface area (Å²) in [7, 11) is -2.63. The Morgan fingerprint density at radius 3 is 1.93 bits per heavy atom. The van der Waals surface area contributed by atoms with Gasteiger partial charge in [0.25, 0.3) is 10.1 Å². The number of hydrogen-bond donors (Lipinski definition) is 2. The fourth-order valence-electron chi connectivity index (χ4n) is 6.33. The Morgan fingerprint density at radius 1 is 0.783 bits per heavy atom. The minimum Gasteiger partial charge on any atom is -0.506 e. The van der Waals surface area contributed by atoms with Crippen LogP contribution in [0.5, 0.6) is 5.75 Å². The van der Waals surface area contributed by atoms with Crippen molar-refractivity contribution in [1.82, 2.24) is 14.5 Å². The molecule has 15 nitrogen and oxygen atoms in total. The molecule has 321 valence electrons. The zero-order valence-electron chi connectivity index (χ0n) is 35.6. The number of aromatic nitrogens is 3. The molecule has 0 bridgehead atoms. The van der Waals surface area contributed by atoms with Crippen LogP contribution in [0.15, 0.2) is 103 Å². The summed E-state index contributed by atoms with van der Waals surface area (Å²) in [6.45, 7) is 21.0. The first-order valence-electron chi connectivity index (χ1n) is 19.6. The zero-order chi connectivity index (χ0) is 43.2. The second-order valence-electron chi connectivity index (χ2n) is 15.2. The van der Waals surface area contributed by atoms with Crippen molar-refractivity contribution in [1.29, 1.82) is 0 Å². The molecule has 0 unspecified atom stereocenters. The van der Waals surface area contributed by atoms with Gasteiger partial charge in [0.2, 0.25) is 5.95 Å². The van der Waals surface area contributed by atoms with Gasteiger partial charge in [-0.2, -0.15) is 13.4 Å². The Hall–Kier alpha value is -5.49. The van der Waals surface area contributed by atoms with Crippen molar-refractivity contribution in [3.63, 3.8) is 0 Å². The molecule has 0 aliphatic heterocycles. The van der Waals surface area contributed by atoms with Gasteiger partial charge >= 0.3 is 6.01 Å². The van der Waals surface area contributed by atoms with E-state index in [4.69, 9.17) is 4.42 Å². The van der Waals surface area contributed by atoms with Gasteiger partial charge in [0.1, 0.15) is 27.5 Å². The van der Waals surface area contributed by atoms with E-state index in [1.807, 2.05) is 69.3 Å². The van der Waals surface area contributed by atoms with Gasteiger partial charge in [0, 0.05) is 78.4 Å². The fraction of sp³-hybridized carbons (Fsp3) is 0.372. The number of benzene rings is 4. The van der Waals surface area contributed by atoms with Crippen molar-refractivity contribution in [2.24, 2.45) is 32.9 Å². The van der Waals surface area contributed by atoms with E-state index in [0.29, 0.717) is 53.0 Å². The van der Waals surface area contributed by atoms with E-state index < -0.39 is 15.5 Å². The molecule has 0 saturated carbocycles. The molecule has 0 aliphatic rings. The van der Waals surface area contributed by atoms with Gasteiger partial charge in [-0.25, -0.2) is 4.98 Å². The van der Waals surface area contributed by atoms with Crippen LogP contribution < -0.4 is 9.80 Å². The van der Waals surface area contributed by atoms with E-state index in [2.05, 4.69) is 69.1 Å². The van der Waals surface area contributed by atoms with Gasteiger partial charge in [-0.3, -0.25) is 9.35 Å². The quantitative estimate of drug-likeness (QED) is 0.0641. The van der Waals surface area contributed by atoms with Crippen LogP contribution in [-0.2, 0) is 33.9 Å². The normalized spacial score (nSPS) is 12.0. The van der Waals surface area contributed by atoms with E-state index in [0.717, 1.165) is 29.8 Å². The van der Waals surface area contributed by atoms with Crippen molar-refractivity contribution < 1.29 is 44.1 Å². The Labute approximate surface area is 361 Å². The van der Waals surface area contributed by atoms with Gasteiger partial charge in [0.05, 0.1) is 11.0 Å². The number of carbonyl (C=O) groups is 1. The number of aromatic hydroxyl groups is 1. The van der Waals surface area contributed by atoms with Gasteiger partial charge in [-0.15, -0.1) is 15.3 Å². The number of azo groups is 2. The minimum absolute atomic E-state index is 0. The third-order valence-corrected chi connectivity index (χ3v) is 10.7. The first-order chi connectivity index (χ1) is 27.9. The summed E-state index contributed by atoms with van der Waals surface area (Å²) in [5.74, 6) is 0.792. The summed E-state index contributed by atoms with van der Waals surface area (Å²) >= 11 is 0. The maximum Gasteiger partial charge on any atom is 0.341 e. The van der Waals surface area contributed by atoms with Gasteiger partial charge in [-0.05, 0) is 99.8 Å². The SMILES string of the molecule is CCN(CC)c1ccc(N=Nc2nc3ccc(C(=O)C(C)(C)C)cc3o2)c(O)c1.CCN(CC)c1ccc(N=Nc2nc3ccc(C(C)C)cc3n2C)c(S(=O)(=O)O)c1.[Co]. The number of Topliss-reactive ketones (excluding diaryl/α,β-unsaturated/α-hetero) is 1. The third kappa shape index (κ3) is 11.0. The van der Waals surface area contributed by atoms with Crippen LogP contribution in [-0.4, -0.2) is 64.6 Å². The molecule has 2 N–H and O–H groups in total. The van der Waals surface area contributed by atoms with Crippen molar-refractivity contribution in [3.05, 3.63) is 83.9 Å². The van der Waals surface area contributed by atoms with E-state index in [1.165, 1.54) is 11.6 Å². The van der Waals surface area contributed by atoms with Crippen molar-refractivity contribution in [3.8, 4) is 5.75 Å². The molecule has 0 saturated heterocycles. The van der Waals surface area contributed by atoms with Crippen LogP contribution in [0, 0.1) is 5.41 Å². The van der Waals surface area contributed by atoms with Crippen LogP contribution >= 0.6 is 0 Å². The molecule has 0 spiro atoms. The topological polar surface area (TPSA) is 191 Å². The number of phenols is 1. The van der Waals surface area contributed by atoms with Gasteiger partial charge in [0.15, 0.2) is 11.4 Å². The molecule has 0 fully saturated rings. The van der Waals surface area contributed by atoms with E-state index in [-0.39, 0.29) is 44.9 Å². The Morgan fingerprint density at radius 2 is 1.37 bits per heavy atom. The number of oxazole rings is 1. The first kappa shape index (κ1) is 47.2. The van der Waals surface area contributed by atoms with Crippen molar-refractivity contribution >= 4 is 72.7 Å². The second kappa shape index (κ2) is 19.7. The smallest absolute Gasteiger partial charge is 0.341 e. The number of imidazole rings is 1.